The van der Waals surface area contributed by atoms with E-state index in [1.807, 2.05) is 0 Å². The predicted molar refractivity (Wildman–Crippen MR) is 129 cm³/mol. The first-order valence-electron chi connectivity index (χ1n) is 10.7. The minimum absolute atomic E-state index is 0.0688. The highest BCUT2D eigenvalue weighted by Crippen LogP contribution is 2.24. The largest absolute Gasteiger partial charge is 0.305 e. The van der Waals surface area contributed by atoms with E-state index in [2.05, 4.69) is 10.9 Å². The molecule has 4 rings (SSSR count). The van der Waals surface area contributed by atoms with E-state index in [0.29, 0.717) is 28.1 Å². The molecular weight excluding hydrogens is 476 g/mol. The summed E-state index contributed by atoms with van der Waals surface area (Å²) in [5.74, 6) is 1.94. The zero-order chi connectivity index (χ0) is 24.3. The van der Waals surface area contributed by atoms with Gasteiger partial charge in [-0.2, -0.15) is 9.30 Å². The molecule has 0 spiro atoms. The number of carbonyl (C=O) groups excluding carboxylic acids is 1. The molecule has 0 atom stereocenters. The van der Waals surface area contributed by atoms with E-state index < -0.39 is 20.9 Å². The van der Waals surface area contributed by atoms with Gasteiger partial charge in [0, 0.05) is 30.8 Å². The lowest BCUT2D eigenvalue weighted by atomic mass is 10.2. The number of benzene rings is 2. The molecule has 0 unspecified atom stereocenters. The van der Waals surface area contributed by atoms with Crippen molar-refractivity contribution >= 4 is 43.2 Å². The number of hydrogen-bond donors (Lipinski definition) is 0. The summed E-state index contributed by atoms with van der Waals surface area (Å²) in [6.07, 6.45) is 9.18. The van der Waals surface area contributed by atoms with Crippen molar-refractivity contribution in [1.29, 1.82) is 0 Å². The summed E-state index contributed by atoms with van der Waals surface area (Å²) in [5, 5.41) is 11.1. The van der Waals surface area contributed by atoms with Crippen LogP contribution in [0.15, 0.2) is 52.4 Å². The fourth-order valence-electron chi connectivity index (χ4n) is 3.86. The number of fused-ring (bicyclic) bond motifs is 1. The van der Waals surface area contributed by atoms with Crippen LogP contribution in [0.3, 0.4) is 0 Å². The number of hydrogen-bond acceptors (Lipinski definition) is 6. The van der Waals surface area contributed by atoms with Crippen molar-refractivity contribution in [2.75, 3.05) is 13.1 Å². The van der Waals surface area contributed by atoms with Gasteiger partial charge < -0.3 is 4.57 Å². The van der Waals surface area contributed by atoms with Crippen LogP contribution in [0.5, 0.6) is 0 Å². The molecule has 3 aromatic rings. The monoisotopic (exact) mass is 498 g/mol. The fourth-order valence-corrected chi connectivity index (χ4v) is 6.43. The molecule has 1 amide bonds. The second-order valence-corrected chi connectivity index (χ2v) is 10.8. The maximum absolute atomic E-state index is 13.0. The third-order valence-electron chi connectivity index (χ3n) is 5.63. The Balaban J connectivity index is 1.66. The lowest BCUT2D eigenvalue weighted by molar-refractivity contribution is -0.384. The molecule has 1 saturated heterocycles. The van der Waals surface area contributed by atoms with Crippen LogP contribution in [0.1, 0.15) is 36.0 Å². The van der Waals surface area contributed by atoms with E-state index in [-0.39, 0.29) is 22.7 Å². The van der Waals surface area contributed by atoms with E-state index >= 15 is 0 Å². The number of nitro groups is 1. The van der Waals surface area contributed by atoms with Crippen LogP contribution in [0.4, 0.5) is 5.69 Å². The normalized spacial score (nSPS) is 15.7. The van der Waals surface area contributed by atoms with Crippen LogP contribution < -0.4 is 4.80 Å². The van der Waals surface area contributed by atoms with Crippen LogP contribution in [0, 0.1) is 22.5 Å². The van der Waals surface area contributed by atoms with Crippen molar-refractivity contribution < 1.29 is 18.1 Å². The average molecular weight is 499 g/mol. The van der Waals surface area contributed by atoms with Crippen LogP contribution >= 0.6 is 11.3 Å². The van der Waals surface area contributed by atoms with Crippen LogP contribution in [0.2, 0.25) is 0 Å². The van der Waals surface area contributed by atoms with Gasteiger partial charge in [-0.25, -0.2) is 8.42 Å². The highest BCUT2D eigenvalue weighted by molar-refractivity contribution is 7.89. The van der Waals surface area contributed by atoms with Gasteiger partial charge in [0.1, 0.15) is 0 Å². The molecule has 0 bridgehead atoms. The first-order valence-corrected chi connectivity index (χ1v) is 13.0. The fraction of sp³-hybridized carbons (Fsp3) is 0.304. The lowest BCUT2D eigenvalue weighted by Crippen LogP contribution is -2.31. The second-order valence-electron chi connectivity index (χ2n) is 7.84. The van der Waals surface area contributed by atoms with Crippen molar-refractivity contribution in [2.45, 2.75) is 37.1 Å². The number of non-ortho nitro benzene ring substituents is 1. The van der Waals surface area contributed by atoms with Gasteiger partial charge in [-0.1, -0.05) is 30.1 Å². The molecule has 0 radical (unpaired) electrons. The molecule has 0 N–H and O–H groups in total. The number of thiazole rings is 1. The molecule has 0 aliphatic carbocycles. The van der Waals surface area contributed by atoms with E-state index in [0.717, 1.165) is 37.0 Å². The molecule has 1 aromatic heterocycles. The van der Waals surface area contributed by atoms with Crippen molar-refractivity contribution in [3.63, 3.8) is 0 Å². The Morgan fingerprint density at radius 3 is 2.41 bits per heavy atom. The Kier molecular flexibility index (Phi) is 6.92. The molecule has 1 aliphatic rings. The van der Waals surface area contributed by atoms with Crippen LogP contribution in [0.25, 0.3) is 10.2 Å². The summed E-state index contributed by atoms with van der Waals surface area (Å²) >= 11 is 1.12. The van der Waals surface area contributed by atoms with Crippen LogP contribution in [-0.4, -0.2) is 41.2 Å². The van der Waals surface area contributed by atoms with Gasteiger partial charge in [0.2, 0.25) is 10.0 Å². The van der Waals surface area contributed by atoms with Gasteiger partial charge in [-0.05, 0) is 43.2 Å². The quantitative estimate of drug-likeness (QED) is 0.303. The number of nitrogens with zero attached hydrogens (tertiary/aromatic N) is 4. The summed E-state index contributed by atoms with van der Waals surface area (Å²) in [4.78, 5) is 28.1. The van der Waals surface area contributed by atoms with E-state index in [1.165, 1.54) is 40.7 Å². The maximum Gasteiger partial charge on any atom is 0.279 e. The average Bonchev–Trinajstić information content (AvgIpc) is 2.99. The summed E-state index contributed by atoms with van der Waals surface area (Å²) < 4.78 is 29.6. The van der Waals surface area contributed by atoms with Crippen molar-refractivity contribution in [2.24, 2.45) is 4.99 Å². The maximum atomic E-state index is 13.0. The molecular formula is C23H22N4O5S2. The number of terminal acetylenes is 1. The number of aromatic nitrogens is 1. The molecule has 34 heavy (non-hydrogen) atoms. The smallest absolute Gasteiger partial charge is 0.279 e. The topological polar surface area (TPSA) is 115 Å². The van der Waals surface area contributed by atoms with Gasteiger partial charge in [-0.15, -0.1) is 6.42 Å². The minimum Gasteiger partial charge on any atom is -0.305 e. The van der Waals surface area contributed by atoms with Crippen molar-refractivity contribution in [3.8, 4) is 12.3 Å². The van der Waals surface area contributed by atoms with E-state index in [9.17, 15) is 23.3 Å². The SMILES string of the molecule is C#CCn1c(=NC(=O)c2ccc(S(=O)(=O)N3CCCCCC3)cc2)sc2cc([N+](=O)[O-])ccc21. The third kappa shape index (κ3) is 4.79. The predicted octanol–water partition coefficient (Wildman–Crippen LogP) is 3.55. The highest BCUT2D eigenvalue weighted by Gasteiger charge is 2.25. The first kappa shape index (κ1) is 23.8. The Bertz CT molecular complexity index is 1460. The summed E-state index contributed by atoms with van der Waals surface area (Å²) in [6.45, 7) is 1.13. The second kappa shape index (κ2) is 9.89. The van der Waals surface area contributed by atoms with Gasteiger partial charge in [-0.3, -0.25) is 14.9 Å². The molecule has 2 heterocycles. The Hall–Kier alpha value is -3.33. The zero-order valence-electron chi connectivity index (χ0n) is 18.2. The zero-order valence-corrected chi connectivity index (χ0v) is 19.8. The first-order chi connectivity index (χ1) is 16.3. The number of sulfonamides is 1. The van der Waals surface area contributed by atoms with E-state index in [1.54, 1.807) is 10.6 Å². The number of amides is 1. The summed E-state index contributed by atoms with van der Waals surface area (Å²) in [6, 6.07) is 10.1. The van der Waals surface area contributed by atoms with Gasteiger partial charge >= 0.3 is 0 Å². The van der Waals surface area contributed by atoms with Crippen molar-refractivity contribution in [1.82, 2.24) is 8.87 Å². The summed E-state index contributed by atoms with van der Waals surface area (Å²) in [7, 11) is -3.62. The Morgan fingerprint density at radius 1 is 1.12 bits per heavy atom. The number of nitro benzene ring substituents is 1. The van der Waals surface area contributed by atoms with Gasteiger partial charge in [0.15, 0.2) is 4.80 Å². The van der Waals surface area contributed by atoms with Crippen molar-refractivity contribution in [3.05, 3.63) is 62.9 Å². The number of rotatable bonds is 5. The Labute approximate surface area is 200 Å². The standard InChI is InChI=1S/C23H22N4O5S2/c1-2-13-26-20-12-9-18(27(29)30)16-21(20)33-23(26)24-22(28)17-7-10-19(11-8-17)34(31,32)25-14-5-3-4-6-15-25/h1,7-12,16H,3-6,13-15H2. The molecule has 1 aliphatic heterocycles. The molecule has 176 valence electrons. The Morgan fingerprint density at radius 2 is 1.79 bits per heavy atom. The van der Waals surface area contributed by atoms with Gasteiger partial charge in [0.05, 0.1) is 26.6 Å². The number of carbonyl (C=O) groups is 1. The van der Waals surface area contributed by atoms with E-state index in [4.69, 9.17) is 6.42 Å². The third-order valence-corrected chi connectivity index (χ3v) is 8.58. The molecule has 9 nitrogen and oxygen atoms in total. The lowest BCUT2D eigenvalue weighted by Gasteiger charge is -2.19. The van der Waals surface area contributed by atoms with Gasteiger partial charge in [0.25, 0.3) is 11.6 Å². The van der Waals surface area contributed by atoms with Crippen LogP contribution in [-0.2, 0) is 16.6 Å². The molecule has 2 aromatic carbocycles. The molecule has 1 fully saturated rings. The highest BCUT2D eigenvalue weighted by atomic mass is 32.2. The summed E-state index contributed by atoms with van der Waals surface area (Å²) in [5.41, 5.74) is 0.796. The molecule has 11 heteroatoms. The molecule has 0 saturated carbocycles. The minimum atomic E-state index is -3.62.